The van der Waals surface area contributed by atoms with Gasteiger partial charge in [-0.3, -0.25) is 30.0 Å². The lowest BCUT2D eigenvalue weighted by Crippen LogP contribution is -2.30. The standard InChI is InChI=1S/C35H33ClN6O11/c1-17(43)29(41-40-28-15-21(33(47)51-5)9-12-24(28)35(49)53-7)31(45)37-22-10-13-26(25(36)16-22)38-32(46)30(18(2)44)42-39-27-14-20(19(3)50-4)8-11-23(27)34(48)52-6/h8-16,39-40H,3H2,1-2,4-7H3,(H,37,45)(H,38,46)/b41-29+,42-30+. The highest BCUT2D eigenvalue weighted by Gasteiger charge is 2.22. The molecule has 3 aromatic rings. The van der Waals surface area contributed by atoms with Crippen molar-refractivity contribution in [2.75, 3.05) is 49.9 Å². The molecule has 3 rings (SSSR count). The van der Waals surface area contributed by atoms with Gasteiger partial charge in [-0.1, -0.05) is 24.2 Å². The van der Waals surface area contributed by atoms with E-state index in [1.165, 1.54) is 62.8 Å². The molecule has 276 valence electrons. The predicted octanol–water partition coefficient (Wildman–Crippen LogP) is 4.31. The number of anilines is 4. The Morgan fingerprint density at radius 3 is 1.51 bits per heavy atom. The van der Waals surface area contributed by atoms with E-state index in [4.69, 9.17) is 25.8 Å². The molecule has 2 amide bonds. The van der Waals surface area contributed by atoms with Crippen molar-refractivity contribution in [2.45, 2.75) is 13.8 Å². The first-order valence-corrected chi connectivity index (χ1v) is 15.4. The molecule has 0 fully saturated rings. The van der Waals surface area contributed by atoms with Crippen LogP contribution in [0.4, 0.5) is 22.7 Å². The van der Waals surface area contributed by atoms with Crippen molar-refractivity contribution in [3.63, 3.8) is 0 Å². The average Bonchev–Trinajstić information content (AvgIpc) is 3.14. The highest BCUT2D eigenvalue weighted by molar-refractivity contribution is 6.68. The van der Waals surface area contributed by atoms with E-state index in [-0.39, 0.29) is 50.2 Å². The summed E-state index contributed by atoms with van der Waals surface area (Å²) in [4.78, 5) is 87.6. The minimum absolute atomic E-state index is 0.0141. The molecule has 0 aliphatic rings. The number of nitrogens with zero attached hydrogens (tertiary/aromatic N) is 2. The Morgan fingerprint density at radius 2 is 1.06 bits per heavy atom. The maximum atomic E-state index is 13.1. The van der Waals surface area contributed by atoms with Crippen molar-refractivity contribution in [1.82, 2.24) is 0 Å². The van der Waals surface area contributed by atoms with E-state index in [0.29, 0.717) is 5.56 Å². The van der Waals surface area contributed by atoms with Crippen molar-refractivity contribution in [2.24, 2.45) is 10.2 Å². The molecule has 0 heterocycles. The van der Waals surface area contributed by atoms with Crippen molar-refractivity contribution >= 4 is 92.8 Å². The van der Waals surface area contributed by atoms with Crippen LogP contribution in [0, 0.1) is 0 Å². The zero-order chi connectivity index (χ0) is 39.4. The number of Topliss-reactive ketones (excluding diaryl/α,β-unsaturated/α-hetero) is 2. The Bertz CT molecular complexity index is 2080. The third kappa shape index (κ3) is 10.3. The maximum Gasteiger partial charge on any atom is 0.340 e. The summed E-state index contributed by atoms with van der Waals surface area (Å²) in [5.41, 5.74) is 4.39. The first-order valence-electron chi connectivity index (χ1n) is 15.0. The Hall–Kier alpha value is -6.88. The molecule has 4 N–H and O–H groups in total. The van der Waals surface area contributed by atoms with Crippen LogP contribution in [-0.4, -0.2) is 81.2 Å². The molecule has 0 bridgehead atoms. The average molecular weight is 749 g/mol. The maximum absolute atomic E-state index is 13.1. The molecule has 53 heavy (non-hydrogen) atoms. The van der Waals surface area contributed by atoms with Gasteiger partial charge in [0.25, 0.3) is 11.8 Å². The number of benzene rings is 3. The third-order valence-electron chi connectivity index (χ3n) is 6.99. The molecule has 0 spiro atoms. The number of methoxy groups -OCH3 is 4. The fourth-order valence-corrected chi connectivity index (χ4v) is 4.49. The van der Waals surface area contributed by atoms with Gasteiger partial charge in [-0.25, -0.2) is 14.4 Å². The molecule has 17 nitrogen and oxygen atoms in total. The second kappa shape index (κ2) is 18.4. The first-order chi connectivity index (χ1) is 25.1. The second-order valence-corrected chi connectivity index (χ2v) is 10.9. The van der Waals surface area contributed by atoms with E-state index in [1.54, 1.807) is 6.07 Å². The van der Waals surface area contributed by atoms with Gasteiger partial charge < -0.3 is 29.6 Å². The summed E-state index contributed by atoms with van der Waals surface area (Å²) in [6.07, 6.45) is 0. The van der Waals surface area contributed by atoms with Crippen molar-refractivity contribution in [3.05, 3.63) is 88.5 Å². The number of hydrazone groups is 2. The molecule has 18 heteroatoms. The number of ketones is 2. The monoisotopic (exact) mass is 748 g/mol. The van der Waals surface area contributed by atoms with Crippen molar-refractivity contribution in [1.29, 1.82) is 0 Å². The minimum atomic E-state index is -0.983. The number of esters is 3. The summed E-state index contributed by atoms with van der Waals surface area (Å²) in [7, 11) is 4.89. The number of halogens is 1. The summed E-state index contributed by atoms with van der Waals surface area (Å²) >= 11 is 6.37. The predicted molar refractivity (Wildman–Crippen MR) is 195 cm³/mol. The van der Waals surface area contributed by atoms with Crippen LogP contribution in [0.25, 0.3) is 5.76 Å². The zero-order valence-corrected chi connectivity index (χ0v) is 29.9. The lowest BCUT2D eigenvalue weighted by Gasteiger charge is -2.13. The number of carbonyl (C=O) groups excluding carboxylic acids is 7. The summed E-state index contributed by atoms with van der Waals surface area (Å²) in [5, 5.41) is 12.6. The Morgan fingerprint density at radius 1 is 0.585 bits per heavy atom. The Labute approximate surface area is 307 Å². The number of rotatable bonds is 15. The zero-order valence-electron chi connectivity index (χ0n) is 29.2. The van der Waals surface area contributed by atoms with Crippen LogP contribution in [0.2, 0.25) is 5.02 Å². The van der Waals surface area contributed by atoms with Gasteiger partial charge in [0.05, 0.1) is 67.2 Å². The second-order valence-electron chi connectivity index (χ2n) is 10.5. The van der Waals surface area contributed by atoms with E-state index in [9.17, 15) is 33.6 Å². The van der Waals surface area contributed by atoms with Gasteiger partial charge in [-0.2, -0.15) is 10.2 Å². The molecule has 0 aromatic heterocycles. The SMILES string of the molecule is C=C(OC)c1ccc(C(=O)OC)c(N/N=C(\C(C)=O)C(=O)Nc2ccc(NC(=O)/C(=N/Nc3cc(C(=O)OC)ccc3C(=O)OC)C(C)=O)cc2Cl)c1. The van der Waals surface area contributed by atoms with Gasteiger partial charge >= 0.3 is 17.9 Å². The van der Waals surface area contributed by atoms with Gasteiger partial charge in [0.2, 0.25) is 0 Å². The van der Waals surface area contributed by atoms with Crippen molar-refractivity contribution < 1.29 is 52.5 Å². The minimum Gasteiger partial charge on any atom is -0.497 e. The molecule has 0 saturated carbocycles. The number of amides is 2. The molecule has 0 radical (unpaired) electrons. The van der Waals surface area contributed by atoms with Crippen LogP contribution in [0.3, 0.4) is 0 Å². The largest absolute Gasteiger partial charge is 0.497 e. The van der Waals surface area contributed by atoms with E-state index in [0.717, 1.165) is 28.1 Å². The molecule has 3 aromatic carbocycles. The molecular weight excluding hydrogens is 716 g/mol. The molecule has 0 atom stereocenters. The van der Waals surface area contributed by atoms with E-state index in [2.05, 4.69) is 43.0 Å². The van der Waals surface area contributed by atoms with Gasteiger partial charge in [0.1, 0.15) is 5.76 Å². The van der Waals surface area contributed by atoms with Gasteiger partial charge in [0, 0.05) is 25.1 Å². The molecule has 0 unspecified atom stereocenters. The van der Waals surface area contributed by atoms with Crippen molar-refractivity contribution in [3.8, 4) is 0 Å². The van der Waals surface area contributed by atoms with Gasteiger partial charge in [-0.15, -0.1) is 0 Å². The molecular formula is C35H33ClN6O11. The summed E-state index contributed by atoms with van der Waals surface area (Å²) in [5.74, 6) is -5.43. The van der Waals surface area contributed by atoms with Crippen LogP contribution >= 0.6 is 11.6 Å². The first kappa shape index (κ1) is 40.5. The van der Waals surface area contributed by atoms with Crippen LogP contribution in [0.1, 0.15) is 50.5 Å². The van der Waals surface area contributed by atoms with E-state index >= 15 is 0 Å². The van der Waals surface area contributed by atoms with Gasteiger partial charge in [-0.05, 0) is 48.5 Å². The summed E-state index contributed by atoms with van der Waals surface area (Å²) in [6, 6.07) is 12.1. The van der Waals surface area contributed by atoms with Crippen LogP contribution in [0.5, 0.6) is 0 Å². The number of hydrogen-bond donors (Lipinski definition) is 4. The number of nitrogens with one attached hydrogen (secondary N) is 4. The molecule has 0 aliphatic heterocycles. The lowest BCUT2D eigenvalue weighted by molar-refractivity contribution is -0.116. The summed E-state index contributed by atoms with van der Waals surface area (Å²) in [6.45, 7) is 5.93. The fraction of sp³-hybridized carbons (Fsp3) is 0.171. The topological polar surface area (TPSA) is 229 Å². The summed E-state index contributed by atoms with van der Waals surface area (Å²) < 4.78 is 19.3. The third-order valence-corrected chi connectivity index (χ3v) is 7.30. The van der Waals surface area contributed by atoms with Gasteiger partial charge in [0.15, 0.2) is 23.0 Å². The highest BCUT2D eigenvalue weighted by atomic mass is 35.5. The highest BCUT2D eigenvalue weighted by Crippen LogP contribution is 2.27. The van der Waals surface area contributed by atoms with Crippen LogP contribution in [-0.2, 0) is 38.1 Å². The fourth-order valence-electron chi connectivity index (χ4n) is 4.26. The Balaban J connectivity index is 1.83. The van der Waals surface area contributed by atoms with E-state index in [1.807, 2.05) is 0 Å². The van der Waals surface area contributed by atoms with Crippen LogP contribution in [0.15, 0.2) is 71.4 Å². The number of hydrogen-bond acceptors (Lipinski definition) is 15. The number of ether oxygens (including phenoxy) is 4. The Kier molecular flexibility index (Phi) is 14.1. The van der Waals surface area contributed by atoms with Crippen LogP contribution < -0.4 is 21.5 Å². The quantitative estimate of drug-likeness (QED) is 0.0425. The molecule has 0 aliphatic carbocycles. The lowest BCUT2D eigenvalue weighted by atomic mass is 10.1. The number of carbonyl (C=O) groups is 7. The smallest absolute Gasteiger partial charge is 0.340 e. The molecule has 0 saturated heterocycles. The van der Waals surface area contributed by atoms with E-state index < -0.39 is 52.7 Å². The normalized spacial score (nSPS) is 11.0.